The van der Waals surface area contributed by atoms with Crippen LogP contribution < -0.4 is 0 Å². The number of aromatic nitrogens is 1. The Morgan fingerprint density at radius 1 is 1.42 bits per heavy atom. The van der Waals surface area contributed by atoms with Crippen LogP contribution >= 0.6 is 11.6 Å². The molecular weight excluding hydrogens is 328 g/mol. The van der Waals surface area contributed by atoms with Gasteiger partial charge in [0.25, 0.3) is 5.91 Å². The molecule has 1 aromatic rings. The highest BCUT2D eigenvalue weighted by molar-refractivity contribution is 6.29. The number of carbonyl (C=O) groups is 2. The van der Waals surface area contributed by atoms with E-state index in [1.54, 1.807) is 0 Å². The molecule has 0 radical (unpaired) electrons. The highest BCUT2D eigenvalue weighted by Crippen LogP contribution is 2.55. The lowest BCUT2D eigenvalue weighted by molar-refractivity contribution is -0.140. The number of hydrogen-bond acceptors (Lipinski definition) is 4. The number of nitrogens with zero attached hydrogens (tertiary/aromatic N) is 2. The molecule has 24 heavy (non-hydrogen) atoms. The second-order valence-corrected chi connectivity index (χ2v) is 8.36. The summed E-state index contributed by atoms with van der Waals surface area (Å²) in [6, 6.07) is 3.17. The molecule has 0 aromatic carbocycles. The molecule has 130 valence electrons. The van der Waals surface area contributed by atoms with E-state index in [-0.39, 0.29) is 29.1 Å². The minimum Gasteiger partial charge on any atom is -0.452 e. The van der Waals surface area contributed by atoms with Crippen molar-refractivity contribution >= 4 is 23.5 Å². The van der Waals surface area contributed by atoms with E-state index in [4.69, 9.17) is 16.3 Å². The summed E-state index contributed by atoms with van der Waals surface area (Å²) in [5.74, 6) is -0.675. The number of amides is 1. The second kappa shape index (κ2) is 6.03. The topological polar surface area (TPSA) is 59.5 Å². The van der Waals surface area contributed by atoms with E-state index < -0.39 is 5.97 Å². The molecule has 0 spiro atoms. The van der Waals surface area contributed by atoms with Crippen molar-refractivity contribution in [3.05, 3.63) is 29.0 Å². The molecule has 0 N–H and O–H groups in total. The number of esters is 1. The van der Waals surface area contributed by atoms with Crippen LogP contribution in [0.25, 0.3) is 0 Å². The van der Waals surface area contributed by atoms with Gasteiger partial charge in [0.2, 0.25) is 0 Å². The van der Waals surface area contributed by atoms with Crippen molar-refractivity contribution in [2.45, 2.75) is 46.1 Å². The zero-order valence-corrected chi connectivity index (χ0v) is 15.1. The predicted molar refractivity (Wildman–Crippen MR) is 90.8 cm³/mol. The predicted octanol–water partition coefficient (Wildman–Crippen LogP) is 3.32. The first-order chi connectivity index (χ1) is 11.2. The van der Waals surface area contributed by atoms with Gasteiger partial charge in [-0.05, 0) is 42.2 Å². The highest BCUT2D eigenvalue weighted by Gasteiger charge is 2.53. The molecule has 1 aliphatic heterocycles. The number of fused-ring (bicyclic) bond motifs is 2. The molecule has 3 rings (SSSR count). The van der Waals surface area contributed by atoms with Gasteiger partial charge in [0.15, 0.2) is 6.61 Å². The summed E-state index contributed by atoms with van der Waals surface area (Å²) < 4.78 is 5.18. The van der Waals surface area contributed by atoms with Crippen molar-refractivity contribution in [1.29, 1.82) is 0 Å². The fraction of sp³-hybridized carbons (Fsp3) is 0.611. The first-order valence-electron chi connectivity index (χ1n) is 8.28. The zero-order valence-electron chi connectivity index (χ0n) is 14.3. The molecule has 2 heterocycles. The third-order valence-corrected chi connectivity index (χ3v) is 5.62. The Bertz CT molecular complexity index is 676. The number of pyridine rings is 1. The highest BCUT2D eigenvalue weighted by atomic mass is 35.5. The van der Waals surface area contributed by atoms with Crippen LogP contribution in [0.5, 0.6) is 0 Å². The Kier molecular flexibility index (Phi) is 4.32. The number of ether oxygens (including phenoxy) is 1. The van der Waals surface area contributed by atoms with Gasteiger partial charge in [-0.15, -0.1) is 0 Å². The number of halogens is 1. The van der Waals surface area contributed by atoms with Gasteiger partial charge in [0.1, 0.15) is 5.15 Å². The Morgan fingerprint density at radius 2 is 2.17 bits per heavy atom. The number of hydrogen-bond donors (Lipinski definition) is 0. The van der Waals surface area contributed by atoms with Crippen LogP contribution in [0, 0.1) is 10.8 Å². The maximum Gasteiger partial charge on any atom is 0.338 e. The Labute approximate surface area is 147 Å². The summed E-state index contributed by atoms with van der Waals surface area (Å²) in [6.07, 6.45) is 4.60. The number of rotatable bonds is 3. The summed E-state index contributed by atoms with van der Waals surface area (Å²) in [7, 11) is 0. The van der Waals surface area contributed by atoms with Crippen molar-refractivity contribution in [3.8, 4) is 0 Å². The molecule has 6 heteroatoms. The van der Waals surface area contributed by atoms with Crippen LogP contribution in [0.3, 0.4) is 0 Å². The van der Waals surface area contributed by atoms with Crippen LogP contribution in [0.2, 0.25) is 5.15 Å². The first kappa shape index (κ1) is 17.2. The molecule has 1 aromatic heterocycles. The van der Waals surface area contributed by atoms with E-state index in [1.807, 2.05) is 4.90 Å². The van der Waals surface area contributed by atoms with Crippen molar-refractivity contribution < 1.29 is 14.3 Å². The normalized spacial score (nSPS) is 27.8. The molecule has 1 amide bonds. The Hall–Kier alpha value is -1.62. The maximum atomic E-state index is 12.6. The van der Waals surface area contributed by atoms with Crippen LogP contribution in [0.15, 0.2) is 18.3 Å². The summed E-state index contributed by atoms with van der Waals surface area (Å²) >= 11 is 5.77. The van der Waals surface area contributed by atoms with Gasteiger partial charge < -0.3 is 9.64 Å². The van der Waals surface area contributed by atoms with Crippen molar-refractivity contribution in [3.63, 3.8) is 0 Å². The number of carbonyl (C=O) groups excluding carboxylic acids is 2. The molecule has 1 aliphatic carbocycles. The molecular formula is C18H23ClN2O3. The van der Waals surface area contributed by atoms with Gasteiger partial charge in [0.05, 0.1) is 5.56 Å². The molecule has 2 unspecified atom stereocenters. The third kappa shape index (κ3) is 3.27. The van der Waals surface area contributed by atoms with Crippen LogP contribution in [0.4, 0.5) is 0 Å². The lowest BCUT2D eigenvalue weighted by Gasteiger charge is -2.40. The van der Waals surface area contributed by atoms with Crippen LogP contribution in [-0.2, 0) is 9.53 Å². The summed E-state index contributed by atoms with van der Waals surface area (Å²) in [6.45, 7) is 7.26. The molecule has 2 aliphatic rings. The number of piperidine rings is 1. The van der Waals surface area contributed by atoms with E-state index in [1.165, 1.54) is 18.3 Å². The molecule has 1 saturated carbocycles. The molecule has 2 atom stereocenters. The third-order valence-electron chi connectivity index (χ3n) is 5.41. The van der Waals surface area contributed by atoms with Crippen molar-refractivity contribution in [2.75, 3.05) is 13.2 Å². The van der Waals surface area contributed by atoms with Gasteiger partial charge in [0, 0.05) is 18.8 Å². The molecule has 5 nitrogen and oxygen atoms in total. The van der Waals surface area contributed by atoms with E-state index in [2.05, 4.69) is 25.8 Å². The van der Waals surface area contributed by atoms with Gasteiger partial charge in [-0.3, -0.25) is 4.79 Å². The van der Waals surface area contributed by atoms with E-state index >= 15 is 0 Å². The van der Waals surface area contributed by atoms with Crippen LogP contribution in [-0.4, -0.2) is 41.0 Å². The Balaban J connectivity index is 1.62. The average Bonchev–Trinajstić information content (AvgIpc) is 2.69. The smallest absolute Gasteiger partial charge is 0.338 e. The SMILES string of the molecule is CC12CCN(C(=O)COC(=O)c3ccnc(Cl)c3)C(C1)C(C)(C)C2. The maximum absolute atomic E-state index is 12.6. The van der Waals surface area contributed by atoms with E-state index in [0.717, 1.165) is 25.8 Å². The van der Waals surface area contributed by atoms with Gasteiger partial charge in [-0.25, -0.2) is 9.78 Å². The average molecular weight is 351 g/mol. The summed E-state index contributed by atoms with van der Waals surface area (Å²) in [5.41, 5.74) is 0.731. The second-order valence-electron chi connectivity index (χ2n) is 7.98. The van der Waals surface area contributed by atoms with Gasteiger partial charge in [-0.1, -0.05) is 32.4 Å². The quantitative estimate of drug-likeness (QED) is 0.619. The lowest BCUT2D eigenvalue weighted by atomic mass is 9.81. The lowest BCUT2D eigenvalue weighted by Crippen LogP contribution is -2.49. The minimum absolute atomic E-state index is 0.101. The monoisotopic (exact) mass is 350 g/mol. The van der Waals surface area contributed by atoms with E-state index in [0.29, 0.717) is 11.0 Å². The standard InChI is InChI=1S/C18H23ClN2O3/c1-17(2)11-18(3)5-7-21(13(17)9-18)15(22)10-24-16(23)12-4-6-20-14(19)8-12/h4,6,8,13H,5,7,9-11H2,1-3H3. The van der Waals surface area contributed by atoms with Crippen molar-refractivity contribution in [2.24, 2.45) is 10.8 Å². The molecule has 2 bridgehead atoms. The zero-order chi connectivity index (χ0) is 17.5. The fourth-order valence-electron chi connectivity index (χ4n) is 4.42. The summed E-state index contributed by atoms with van der Waals surface area (Å²) in [4.78, 5) is 30.4. The fourth-order valence-corrected chi connectivity index (χ4v) is 4.60. The summed E-state index contributed by atoms with van der Waals surface area (Å²) in [5, 5.41) is 0.221. The first-order valence-corrected chi connectivity index (χ1v) is 8.66. The minimum atomic E-state index is -0.555. The van der Waals surface area contributed by atoms with Gasteiger partial charge >= 0.3 is 5.97 Å². The van der Waals surface area contributed by atoms with E-state index in [9.17, 15) is 9.59 Å². The van der Waals surface area contributed by atoms with Gasteiger partial charge in [-0.2, -0.15) is 0 Å². The largest absolute Gasteiger partial charge is 0.452 e. The van der Waals surface area contributed by atoms with Crippen molar-refractivity contribution in [1.82, 2.24) is 9.88 Å². The molecule has 2 fully saturated rings. The molecule has 1 saturated heterocycles. The van der Waals surface area contributed by atoms with Crippen LogP contribution in [0.1, 0.15) is 50.4 Å². The number of likely N-dealkylation sites (tertiary alicyclic amines) is 1. The Morgan fingerprint density at radius 3 is 2.88 bits per heavy atom.